The zero-order valence-electron chi connectivity index (χ0n) is 20.3. The Bertz CT molecular complexity index is 1200. The van der Waals surface area contributed by atoms with Gasteiger partial charge in [-0.2, -0.15) is 13.2 Å². The fourth-order valence-electron chi connectivity index (χ4n) is 3.24. The summed E-state index contributed by atoms with van der Waals surface area (Å²) < 4.78 is 64.4. The Kier molecular flexibility index (Phi) is 9.88. The normalized spacial score (nSPS) is 13.1. The minimum absolute atomic E-state index is 0.0922. The first-order valence-electron chi connectivity index (χ1n) is 11.2. The lowest BCUT2D eigenvalue weighted by Gasteiger charge is -2.18. The van der Waals surface area contributed by atoms with Gasteiger partial charge in [-0.25, -0.2) is 8.42 Å². The first-order chi connectivity index (χ1) is 17.3. The molecule has 0 fully saturated rings. The summed E-state index contributed by atoms with van der Waals surface area (Å²) in [7, 11) is -2.48. The maximum atomic E-state index is 12.7. The maximum Gasteiger partial charge on any atom is 0.472 e. The lowest BCUT2D eigenvalue weighted by molar-refractivity contribution is -0.173. The number of hydrazine groups is 1. The van der Waals surface area contributed by atoms with Crippen molar-refractivity contribution in [2.24, 2.45) is 11.8 Å². The Morgan fingerprint density at radius 2 is 1.43 bits per heavy atom. The third-order valence-electron chi connectivity index (χ3n) is 5.34. The minimum atomic E-state index is -5.05. The molecule has 202 valence electrons. The van der Waals surface area contributed by atoms with Crippen molar-refractivity contribution in [3.05, 3.63) is 48.5 Å². The van der Waals surface area contributed by atoms with Crippen molar-refractivity contribution in [1.29, 1.82) is 0 Å². The summed E-state index contributed by atoms with van der Waals surface area (Å²) in [5, 5.41) is 5.27. The van der Waals surface area contributed by atoms with Crippen molar-refractivity contribution < 1.29 is 36.0 Å². The van der Waals surface area contributed by atoms with Crippen LogP contribution in [0.2, 0.25) is 0 Å². The average Bonchev–Trinajstić information content (AvgIpc) is 2.85. The molecule has 0 aliphatic heterocycles. The van der Waals surface area contributed by atoms with Gasteiger partial charge in [-0.1, -0.05) is 13.8 Å². The number of carbonyl (C=O) groups excluding carboxylic acids is 3. The Morgan fingerprint density at radius 1 is 0.892 bits per heavy atom. The zero-order chi connectivity index (χ0) is 27.8. The molecule has 37 heavy (non-hydrogen) atoms. The fraction of sp³-hybridized carbons (Fsp3) is 0.348. The van der Waals surface area contributed by atoms with Crippen LogP contribution >= 0.6 is 0 Å². The largest absolute Gasteiger partial charge is 0.472 e. The molecule has 5 N–H and O–H groups in total. The Balaban J connectivity index is 1.99. The number of nitrogens with one attached hydrogen (secondary N) is 5. The van der Waals surface area contributed by atoms with Gasteiger partial charge in [0, 0.05) is 30.3 Å². The van der Waals surface area contributed by atoms with Gasteiger partial charge in [0.25, 0.3) is 10.0 Å². The molecule has 0 bridgehead atoms. The highest BCUT2D eigenvalue weighted by Crippen LogP contribution is 2.22. The van der Waals surface area contributed by atoms with Crippen molar-refractivity contribution in [3.8, 4) is 0 Å². The predicted molar refractivity (Wildman–Crippen MR) is 132 cm³/mol. The van der Waals surface area contributed by atoms with Gasteiger partial charge >= 0.3 is 12.1 Å². The number of sulfonamides is 1. The molecule has 0 saturated heterocycles. The van der Waals surface area contributed by atoms with Gasteiger partial charge in [0.05, 0.1) is 10.6 Å². The van der Waals surface area contributed by atoms with Gasteiger partial charge in [-0.05, 0) is 61.4 Å². The molecular formula is C23H28F3N5O5S. The van der Waals surface area contributed by atoms with E-state index in [1.807, 2.05) is 6.92 Å². The summed E-state index contributed by atoms with van der Waals surface area (Å²) in [6.45, 7) is 3.57. The molecule has 0 radical (unpaired) electrons. The molecule has 0 aliphatic rings. The molecule has 2 atom stereocenters. The molecule has 2 unspecified atom stereocenters. The number of hydrogen-bond donors (Lipinski definition) is 5. The van der Waals surface area contributed by atoms with Crippen LogP contribution in [0.5, 0.6) is 0 Å². The summed E-state index contributed by atoms with van der Waals surface area (Å²) in [5.41, 5.74) is 4.15. The van der Waals surface area contributed by atoms with Crippen LogP contribution in [0.3, 0.4) is 0 Å². The number of alkyl halides is 3. The summed E-state index contributed by atoms with van der Waals surface area (Å²) in [6.07, 6.45) is -4.17. The van der Waals surface area contributed by atoms with Crippen LogP contribution in [-0.4, -0.2) is 39.4 Å². The van der Waals surface area contributed by atoms with E-state index in [0.29, 0.717) is 18.5 Å². The maximum absolute atomic E-state index is 12.7. The van der Waals surface area contributed by atoms with E-state index in [1.165, 1.54) is 61.0 Å². The van der Waals surface area contributed by atoms with Crippen LogP contribution in [0, 0.1) is 11.8 Å². The molecule has 0 spiro atoms. The number of rotatable bonds is 11. The Hall–Kier alpha value is -3.81. The van der Waals surface area contributed by atoms with E-state index >= 15 is 0 Å². The monoisotopic (exact) mass is 543 g/mol. The number of anilines is 3. The molecule has 0 heterocycles. The molecule has 0 aromatic heterocycles. The van der Waals surface area contributed by atoms with Crippen molar-refractivity contribution in [3.63, 3.8) is 0 Å². The summed E-state index contributed by atoms with van der Waals surface area (Å²) in [6, 6.07) is 10.6. The van der Waals surface area contributed by atoms with Gasteiger partial charge in [0.2, 0.25) is 11.8 Å². The molecule has 10 nitrogen and oxygen atoms in total. The van der Waals surface area contributed by atoms with Crippen LogP contribution < -0.4 is 26.2 Å². The van der Waals surface area contributed by atoms with Crippen LogP contribution in [-0.2, 0) is 24.4 Å². The molecule has 2 aromatic carbocycles. The van der Waals surface area contributed by atoms with Crippen molar-refractivity contribution in [2.45, 2.75) is 37.8 Å². The predicted octanol–water partition coefficient (Wildman–Crippen LogP) is 3.23. The first kappa shape index (κ1) is 29.4. The van der Waals surface area contributed by atoms with E-state index in [4.69, 9.17) is 0 Å². The van der Waals surface area contributed by atoms with Gasteiger partial charge in [-0.15, -0.1) is 0 Å². The molecule has 2 aromatic rings. The SMILES string of the molecule is CCC(CC(C)C(=O)NC)C(=O)Nc1ccc(S(=O)(=O)Nc2ccc(NNC(=O)C(F)(F)F)cc2)cc1. The van der Waals surface area contributed by atoms with Crippen molar-refractivity contribution >= 4 is 44.8 Å². The first-order valence-corrected chi connectivity index (χ1v) is 12.6. The summed E-state index contributed by atoms with van der Waals surface area (Å²) >= 11 is 0. The topological polar surface area (TPSA) is 146 Å². The van der Waals surface area contributed by atoms with Crippen molar-refractivity contribution in [2.75, 3.05) is 22.5 Å². The summed E-state index contributed by atoms with van der Waals surface area (Å²) in [5.74, 6) is -3.38. The van der Waals surface area contributed by atoms with E-state index in [9.17, 15) is 36.0 Å². The smallest absolute Gasteiger partial charge is 0.359 e. The quantitative estimate of drug-likeness (QED) is 0.275. The molecule has 0 saturated carbocycles. The van der Waals surface area contributed by atoms with Gasteiger partial charge in [0.1, 0.15) is 0 Å². The molecular weight excluding hydrogens is 515 g/mol. The molecule has 14 heteroatoms. The van der Waals surface area contributed by atoms with Crippen LogP contribution in [0.4, 0.5) is 30.2 Å². The Morgan fingerprint density at radius 3 is 1.95 bits per heavy atom. The highest BCUT2D eigenvalue weighted by Gasteiger charge is 2.38. The average molecular weight is 544 g/mol. The van der Waals surface area contributed by atoms with Crippen LogP contribution in [0.1, 0.15) is 26.7 Å². The van der Waals surface area contributed by atoms with Crippen LogP contribution in [0.15, 0.2) is 53.4 Å². The third-order valence-corrected chi connectivity index (χ3v) is 6.74. The number of hydrogen-bond acceptors (Lipinski definition) is 6. The van der Waals surface area contributed by atoms with E-state index in [0.717, 1.165) is 0 Å². The molecule has 3 amide bonds. The van der Waals surface area contributed by atoms with E-state index < -0.39 is 28.0 Å². The number of benzene rings is 2. The molecule has 2 rings (SSSR count). The highest BCUT2D eigenvalue weighted by molar-refractivity contribution is 7.92. The van der Waals surface area contributed by atoms with E-state index in [1.54, 1.807) is 6.92 Å². The number of halogens is 3. The Labute approximate surface area is 212 Å². The van der Waals surface area contributed by atoms with Crippen molar-refractivity contribution in [1.82, 2.24) is 10.7 Å². The number of amides is 3. The van der Waals surface area contributed by atoms with Gasteiger partial charge < -0.3 is 10.6 Å². The van der Waals surface area contributed by atoms with Gasteiger partial charge in [-0.3, -0.25) is 30.0 Å². The minimum Gasteiger partial charge on any atom is -0.359 e. The second-order valence-electron chi connectivity index (χ2n) is 8.13. The zero-order valence-corrected chi connectivity index (χ0v) is 21.1. The number of carbonyl (C=O) groups is 3. The second-order valence-corrected chi connectivity index (χ2v) is 9.81. The lowest BCUT2D eigenvalue weighted by Crippen LogP contribution is -2.40. The standard InChI is InChI=1S/C23H28F3N5O5S/c1-4-15(13-14(2)20(32)27-3)21(33)28-16-9-11-19(12-10-16)37(35,36)31-18-7-5-17(6-8-18)29-30-22(34)23(24,25)26/h5-12,14-15,29,31H,4,13H2,1-3H3,(H,27,32)(H,28,33)(H,30,34). The molecule has 0 aliphatic carbocycles. The van der Waals surface area contributed by atoms with Crippen LogP contribution in [0.25, 0.3) is 0 Å². The lowest BCUT2D eigenvalue weighted by atomic mass is 9.92. The van der Waals surface area contributed by atoms with Gasteiger partial charge in [0.15, 0.2) is 0 Å². The third kappa shape index (κ3) is 8.66. The van der Waals surface area contributed by atoms with E-state index in [2.05, 4.69) is 20.8 Å². The fourth-order valence-corrected chi connectivity index (χ4v) is 4.30. The second kappa shape index (κ2) is 12.4. The highest BCUT2D eigenvalue weighted by atomic mass is 32.2. The van der Waals surface area contributed by atoms with E-state index in [-0.39, 0.29) is 34.0 Å². The summed E-state index contributed by atoms with van der Waals surface area (Å²) in [4.78, 5) is 35.1.